The van der Waals surface area contributed by atoms with Gasteiger partial charge in [0.15, 0.2) is 0 Å². The Morgan fingerprint density at radius 1 is 0.938 bits per heavy atom. The number of benzene rings is 2. The molecule has 3 heteroatoms. The van der Waals surface area contributed by atoms with Crippen LogP contribution in [-0.2, 0) is 6.54 Å². The minimum absolute atomic E-state index is 0.718. The van der Waals surface area contributed by atoms with Crippen molar-refractivity contribution in [1.82, 2.24) is 9.55 Å². The number of aromatic nitrogens is 2. The van der Waals surface area contributed by atoms with Gasteiger partial charge in [-0.1, -0.05) is 115 Å². The molecular formula is C29H40N2O. The first-order chi connectivity index (χ1) is 15.8. The third kappa shape index (κ3) is 9.65. The van der Waals surface area contributed by atoms with Crippen LogP contribution in [0.3, 0.4) is 0 Å². The van der Waals surface area contributed by atoms with Gasteiger partial charge in [0.2, 0.25) is 5.88 Å². The number of nitrogens with zero attached hydrogens (tertiary/aromatic N) is 2. The van der Waals surface area contributed by atoms with Crippen molar-refractivity contribution in [2.24, 2.45) is 0 Å². The first kappa shape index (κ1) is 28.7. The summed E-state index contributed by atoms with van der Waals surface area (Å²) in [5.74, 6) is 1.49. The molecule has 2 aromatic carbocycles. The van der Waals surface area contributed by atoms with Crippen molar-refractivity contribution in [1.29, 1.82) is 0 Å². The van der Waals surface area contributed by atoms with Crippen molar-refractivity contribution in [3.05, 3.63) is 109 Å². The van der Waals surface area contributed by atoms with E-state index in [-0.39, 0.29) is 0 Å². The maximum atomic E-state index is 6.01. The highest BCUT2D eigenvalue weighted by atomic mass is 16.5. The second-order valence-electron chi connectivity index (χ2n) is 5.82. The van der Waals surface area contributed by atoms with Gasteiger partial charge in [-0.2, -0.15) is 0 Å². The first-order valence-electron chi connectivity index (χ1n) is 11.6. The Balaban J connectivity index is 0.00000148. The fourth-order valence-corrected chi connectivity index (χ4v) is 2.61. The summed E-state index contributed by atoms with van der Waals surface area (Å²) in [4.78, 5) is 4.22. The van der Waals surface area contributed by atoms with E-state index in [0.29, 0.717) is 0 Å². The molecule has 0 saturated heterocycles. The third-order valence-electron chi connectivity index (χ3n) is 3.97. The molecule has 0 aliphatic rings. The van der Waals surface area contributed by atoms with E-state index in [9.17, 15) is 0 Å². The molecule has 0 bridgehead atoms. The van der Waals surface area contributed by atoms with Crippen molar-refractivity contribution < 1.29 is 4.74 Å². The molecule has 172 valence electrons. The standard InChI is InChI=1S/C23H22N2O.3C2H6/c1-3-5-11-20(4-2)21-12-14-22(15-13-21)26-23-16-24-18-25(23)17-19-9-7-6-8-10-19;3*1-2/h3-16,18H,2,17H2,1H3;3*1-2H3/b5-3-,20-11+;;;. The number of allylic oxidation sites excluding steroid dienone is 5. The molecule has 0 fully saturated rings. The van der Waals surface area contributed by atoms with Crippen molar-refractivity contribution in [3.8, 4) is 11.6 Å². The van der Waals surface area contributed by atoms with Gasteiger partial charge in [-0.3, -0.25) is 4.57 Å². The summed E-state index contributed by atoms with van der Waals surface area (Å²) < 4.78 is 8.00. The van der Waals surface area contributed by atoms with Crippen molar-refractivity contribution in [2.75, 3.05) is 0 Å². The van der Waals surface area contributed by atoms with Gasteiger partial charge in [-0.15, -0.1) is 0 Å². The summed E-state index contributed by atoms with van der Waals surface area (Å²) in [6.45, 7) is 18.6. The van der Waals surface area contributed by atoms with E-state index >= 15 is 0 Å². The number of hydrogen-bond acceptors (Lipinski definition) is 2. The van der Waals surface area contributed by atoms with E-state index in [1.807, 2.05) is 120 Å². The van der Waals surface area contributed by atoms with Gasteiger partial charge in [0.1, 0.15) is 5.75 Å². The van der Waals surface area contributed by atoms with Crippen LogP contribution in [0.5, 0.6) is 11.6 Å². The minimum Gasteiger partial charge on any atom is -0.439 e. The first-order valence-corrected chi connectivity index (χ1v) is 11.6. The Kier molecular flexibility index (Phi) is 16.5. The molecule has 3 rings (SSSR count). The molecule has 1 aromatic heterocycles. The van der Waals surface area contributed by atoms with Crippen LogP contribution in [0.4, 0.5) is 0 Å². The molecular weight excluding hydrogens is 392 g/mol. The molecule has 1 heterocycles. The van der Waals surface area contributed by atoms with Crippen LogP contribution in [-0.4, -0.2) is 9.55 Å². The van der Waals surface area contributed by atoms with E-state index in [4.69, 9.17) is 4.74 Å². The zero-order valence-electron chi connectivity index (χ0n) is 20.9. The molecule has 0 saturated carbocycles. The van der Waals surface area contributed by atoms with Crippen molar-refractivity contribution in [3.63, 3.8) is 0 Å². The average Bonchev–Trinajstić information content (AvgIpc) is 3.31. The molecule has 0 aliphatic heterocycles. The number of ether oxygens (including phenoxy) is 1. The molecule has 0 N–H and O–H groups in total. The highest BCUT2D eigenvalue weighted by Gasteiger charge is 2.06. The summed E-state index contributed by atoms with van der Waals surface area (Å²) in [6.07, 6.45) is 11.4. The van der Waals surface area contributed by atoms with Crippen molar-refractivity contribution >= 4 is 5.57 Å². The lowest BCUT2D eigenvalue weighted by Crippen LogP contribution is -2.00. The molecule has 3 aromatic rings. The summed E-state index contributed by atoms with van der Waals surface area (Å²) in [5, 5.41) is 0. The molecule has 0 unspecified atom stereocenters. The normalized spacial score (nSPS) is 10.0. The topological polar surface area (TPSA) is 27.1 Å². The van der Waals surface area contributed by atoms with E-state index < -0.39 is 0 Å². The second kappa shape index (κ2) is 18.4. The van der Waals surface area contributed by atoms with Crippen LogP contribution < -0.4 is 4.74 Å². The quantitative estimate of drug-likeness (QED) is 0.348. The SMILES string of the molecule is C=C/C(=C\C=C/C)c1ccc(Oc2cncn2Cc2ccccc2)cc1.CC.CC.CC. The summed E-state index contributed by atoms with van der Waals surface area (Å²) in [5.41, 5.74) is 3.38. The lowest BCUT2D eigenvalue weighted by Gasteiger charge is -2.10. The zero-order valence-corrected chi connectivity index (χ0v) is 20.9. The molecule has 0 aliphatic carbocycles. The molecule has 3 nitrogen and oxygen atoms in total. The maximum absolute atomic E-state index is 6.01. The molecule has 0 radical (unpaired) electrons. The van der Waals surface area contributed by atoms with Crippen LogP contribution in [0.15, 0.2) is 98.0 Å². The lowest BCUT2D eigenvalue weighted by atomic mass is 10.1. The van der Waals surface area contributed by atoms with Gasteiger partial charge in [-0.05, 0) is 35.8 Å². The van der Waals surface area contributed by atoms with Crippen LogP contribution in [0.25, 0.3) is 5.57 Å². The smallest absolute Gasteiger partial charge is 0.219 e. The summed E-state index contributed by atoms with van der Waals surface area (Å²) in [7, 11) is 0. The van der Waals surface area contributed by atoms with Gasteiger partial charge in [0.25, 0.3) is 0 Å². The third-order valence-corrected chi connectivity index (χ3v) is 3.97. The van der Waals surface area contributed by atoms with Crippen LogP contribution in [0.2, 0.25) is 0 Å². The van der Waals surface area contributed by atoms with Gasteiger partial charge >= 0.3 is 0 Å². The Hall–Kier alpha value is -3.33. The largest absolute Gasteiger partial charge is 0.439 e. The van der Waals surface area contributed by atoms with E-state index in [1.165, 1.54) is 5.56 Å². The van der Waals surface area contributed by atoms with Gasteiger partial charge in [0.05, 0.1) is 19.1 Å². The predicted octanol–water partition coefficient (Wildman–Crippen LogP) is 8.95. The Labute approximate surface area is 195 Å². The maximum Gasteiger partial charge on any atom is 0.219 e. The summed E-state index contributed by atoms with van der Waals surface area (Å²) in [6, 6.07) is 18.2. The number of imidazole rings is 1. The van der Waals surface area contributed by atoms with Gasteiger partial charge in [0, 0.05) is 0 Å². The van der Waals surface area contributed by atoms with E-state index in [0.717, 1.165) is 29.3 Å². The second-order valence-corrected chi connectivity index (χ2v) is 5.82. The van der Waals surface area contributed by atoms with Crippen LogP contribution in [0, 0.1) is 0 Å². The fourth-order valence-electron chi connectivity index (χ4n) is 2.61. The van der Waals surface area contributed by atoms with E-state index in [2.05, 4.69) is 23.7 Å². The lowest BCUT2D eigenvalue weighted by molar-refractivity contribution is 0.436. The molecule has 0 amide bonds. The molecule has 0 spiro atoms. The molecule has 32 heavy (non-hydrogen) atoms. The highest BCUT2D eigenvalue weighted by molar-refractivity contribution is 5.74. The zero-order chi connectivity index (χ0) is 24.2. The number of hydrogen-bond donors (Lipinski definition) is 0. The average molecular weight is 433 g/mol. The van der Waals surface area contributed by atoms with Gasteiger partial charge in [-0.25, -0.2) is 4.98 Å². The van der Waals surface area contributed by atoms with Crippen molar-refractivity contribution in [2.45, 2.75) is 55.0 Å². The number of rotatable bonds is 7. The van der Waals surface area contributed by atoms with Crippen LogP contribution >= 0.6 is 0 Å². The highest BCUT2D eigenvalue weighted by Crippen LogP contribution is 2.24. The van der Waals surface area contributed by atoms with Crippen LogP contribution in [0.1, 0.15) is 59.6 Å². The fraction of sp³-hybridized carbons (Fsp3) is 0.276. The monoisotopic (exact) mass is 432 g/mol. The predicted molar refractivity (Wildman–Crippen MR) is 141 cm³/mol. The Bertz CT molecular complexity index is 904. The molecule has 0 atom stereocenters. The van der Waals surface area contributed by atoms with Gasteiger partial charge < -0.3 is 4.74 Å². The Morgan fingerprint density at radius 2 is 1.56 bits per heavy atom. The Morgan fingerprint density at radius 3 is 2.12 bits per heavy atom. The van der Waals surface area contributed by atoms with E-state index in [1.54, 1.807) is 12.5 Å². The summed E-state index contributed by atoms with van der Waals surface area (Å²) >= 11 is 0. The minimum atomic E-state index is 0.718.